The van der Waals surface area contributed by atoms with Crippen LogP contribution in [-0.4, -0.2) is 57.3 Å². The highest BCUT2D eigenvalue weighted by atomic mass is 32.2. The molecule has 146 valence electrons. The van der Waals surface area contributed by atoms with Crippen molar-refractivity contribution in [2.75, 3.05) is 7.05 Å². The summed E-state index contributed by atoms with van der Waals surface area (Å²) in [4.78, 5) is 37.4. The Bertz CT molecular complexity index is 711. The summed E-state index contributed by atoms with van der Waals surface area (Å²) < 4.78 is 0. The third-order valence-corrected chi connectivity index (χ3v) is 5.53. The molecule has 1 aliphatic rings. The molecular weight excluding hydrogens is 368 g/mol. The number of likely N-dealkylation sites (N-methyl/N-ethyl adjacent to an activating group) is 1. The number of hydrogen-bond acceptors (Lipinski definition) is 5. The summed E-state index contributed by atoms with van der Waals surface area (Å²) in [6.45, 7) is 1.34. The van der Waals surface area contributed by atoms with E-state index >= 15 is 0 Å². The lowest BCUT2D eigenvalue weighted by atomic mass is 10.0. The molecule has 2 rings (SSSR count). The number of hydrogen-bond donors (Lipinski definition) is 3. The van der Waals surface area contributed by atoms with Crippen LogP contribution >= 0.6 is 11.8 Å². The predicted molar refractivity (Wildman–Crippen MR) is 103 cm³/mol. The van der Waals surface area contributed by atoms with Gasteiger partial charge in [-0.15, -0.1) is 11.8 Å². The third-order valence-electron chi connectivity index (χ3n) is 4.41. The minimum absolute atomic E-state index is 0.0865. The number of carboxylic acids is 1. The first-order chi connectivity index (χ1) is 12.8. The molecule has 0 aliphatic carbocycles. The molecular formula is C19H24N2O5S. The van der Waals surface area contributed by atoms with Gasteiger partial charge >= 0.3 is 5.97 Å². The molecule has 7 nitrogen and oxygen atoms in total. The number of amides is 2. The lowest BCUT2D eigenvalue weighted by molar-refractivity contribution is -0.150. The lowest BCUT2D eigenvalue weighted by Crippen LogP contribution is -2.53. The first-order valence-electron chi connectivity index (χ1n) is 8.63. The lowest BCUT2D eigenvalue weighted by Gasteiger charge is -2.30. The van der Waals surface area contributed by atoms with Crippen molar-refractivity contribution < 1.29 is 24.6 Å². The van der Waals surface area contributed by atoms with Gasteiger partial charge in [0, 0.05) is 25.6 Å². The van der Waals surface area contributed by atoms with Crippen molar-refractivity contribution >= 4 is 29.5 Å². The van der Waals surface area contributed by atoms with Gasteiger partial charge in [0.25, 0.3) is 0 Å². The number of nitrogens with one attached hydrogen (secondary N) is 1. The molecule has 1 heterocycles. The molecule has 1 unspecified atom stereocenters. The molecule has 1 aromatic carbocycles. The molecule has 3 atom stereocenters. The molecule has 1 aromatic rings. The maximum absolute atomic E-state index is 12.9. The van der Waals surface area contributed by atoms with Crippen LogP contribution in [0.2, 0.25) is 0 Å². The minimum atomic E-state index is -1.13. The van der Waals surface area contributed by atoms with Crippen molar-refractivity contribution in [3.8, 4) is 5.75 Å². The summed E-state index contributed by atoms with van der Waals surface area (Å²) in [5.41, 5.74) is 0.687. The van der Waals surface area contributed by atoms with E-state index in [-0.39, 0.29) is 23.3 Å². The van der Waals surface area contributed by atoms with E-state index in [0.717, 1.165) is 6.42 Å². The molecule has 2 amide bonds. The maximum atomic E-state index is 12.9. The van der Waals surface area contributed by atoms with Crippen LogP contribution in [0.1, 0.15) is 25.3 Å². The molecule has 0 aromatic heterocycles. The van der Waals surface area contributed by atoms with Crippen molar-refractivity contribution in [3.63, 3.8) is 0 Å². The molecule has 1 aliphatic heterocycles. The fourth-order valence-electron chi connectivity index (χ4n) is 2.96. The van der Waals surface area contributed by atoms with Gasteiger partial charge in [0.05, 0.1) is 0 Å². The summed E-state index contributed by atoms with van der Waals surface area (Å²) in [6.07, 6.45) is 3.36. The van der Waals surface area contributed by atoms with Gasteiger partial charge in [-0.25, -0.2) is 4.79 Å². The molecule has 0 saturated carbocycles. The Balaban J connectivity index is 2.13. The standard InChI is InChI=1S/C19H24N2O5S/c1-12(22)20-16(11-15-4-3-9-27-15)18(24)21(2)17(19(25)26)10-13-5-7-14(23)8-6-13/h3,5-9,15-17,23H,4,10-11H2,1-2H3,(H,20,22)(H,25,26)/t15?,16-,17-/m0/s1. The topological polar surface area (TPSA) is 107 Å². The molecule has 0 fully saturated rings. The van der Waals surface area contributed by atoms with Gasteiger partial charge in [0.15, 0.2) is 0 Å². The smallest absolute Gasteiger partial charge is 0.326 e. The highest BCUT2D eigenvalue weighted by Crippen LogP contribution is 2.28. The highest BCUT2D eigenvalue weighted by molar-refractivity contribution is 8.03. The third kappa shape index (κ3) is 6.02. The van der Waals surface area contributed by atoms with Crippen molar-refractivity contribution in [1.29, 1.82) is 0 Å². The molecule has 0 radical (unpaired) electrons. The number of aliphatic carboxylic acids is 1. The zero-order chi connectivity index (χ0) is 20.0. The van der Waals surface area contributed by atoms with Crippen LogP contribution in [0.3, 0.4) is 0 Å². The van der Waals surface area contributed by atoms with E-state index in [1.165, 1.54) is 31.0 Å². The molecule has 27 heavy (non-hydrogen) atoms. The van der Waals surface area contributed by atoms with Gasteiger partial charge in [-0.2, -0.15) is 0 Å². The number of thioether (sulfide) groups is 1. The summed E-state index contributed by atoms with van der Waals surface area (Å²) in [5.74, 6) is -1.80. The van der Waals surface area contributed by atoms with Crippen LogP contribution in [0.15, 0.2) is 35.7 Å². The average molecular weight is 392 g/mol. The van der Waals surface area contributed by atoms with Crippen molar-refractivity contribution in [3.05, 3.63) is 41.3 Å². The highest BCUT2D eigenvalue weighted by Gasteiger charge is 2.33. The summed E-state index contributed by atoms with van der Waals surface area (Å²) in [7, 11) is 1.44. The van der Waals surface area contributed by atoms with Gasteiger partial charge in [-0.3, -0.25) is 9.59 Å². The fraction of sp³-hybridized carbons (Fsp3) is 0.421. The van der Waals surface area contributed by atoms with Crippen molar-refractivity contribution in [1.82, 2.24) is 10.2 Å². The van der Waals surface area contributed by atoms with E-state index in [4.69, 9.17) is 0 Å². The second-order valence-corrected chi connectivity index (χ2v) is 7.74. The van der Waals surface area contributed by atoms with Crippen molar-refractivity contribution in [2.45, 2.75) is 43.5 Å². The van der Waals surface area contributed by atoms with Gasteiger partial charge in [-0.1, -0.05) is 18.2 Å². The number of aromatic hydroxyl groups is 1. The number of phenolic OH excluding ortho intramolecular Hbond substituents is 1. The number of nitrogens with zero attached hydrogens (tertiary/aromatic N) is 1. The fourth-order valence-corrected chi connectivity index (χ4v) is 3.93. The average Bonchev–Trinajstić information content (AvgIpc) is 3.12. The maximum Gasteiger partial charge on any atom is 0.326 e. The SMILES string of the molecule is CC(=O)N[C@@H](CC1CC=CS1)C(=O)N(C)[C@@H](Cc1ccc(O)cc1)C(=O)O. The normalized spacial score (nSPS) is 17.9. The van der Waals surface area contributed by atoms with E-state index in [0.29, 0.717) is 12.0 Å². The van der Waals surface area contributed by atoms with Crippen LogP contribution in [0.25, 0.3) is 0 Å². The quantitative estimate of drug-likeness (QED) is 0.622. The first kappa shape index (κ1) is 20.8. The van der Waals surface area contributed by atoms with Gasteiger partial charge in [-0.05, 0) is 35.9 Å². The first-order valence-corrected chi connectivity index (χ1v) is 9.57. The molecule has 0 bridgehead atoms. The van der Waals surface area contributed by atoms with Gasteiger partial charge < -0.3 is 20.4 Å². The number of carboxylic acid groups (broad SMARTS) is 1. The molecule has 0 spiro atoms. The van der Waals surface area contributed by atoms with E-state index in [2.05, 4.69) is 5.32 Å². The van der Waals surface area contributed by atoms with Crippen molar-refractivity contribution in [2.24, 2.45) is 0 Å². The van der Waals surface area contributed by atoms with E-state index in [9.17, 15) is 24.6 Å². The monoisotopic (exact) mass is 392 g/mol. The zero-order valence-corrected chi connectivity index (χ0v) is 16.1. The van der Waals surface area contributed by atoms with Gasteiger partial charge in [0.1, 0.15) is 17.8 Å². The predicted octanol–water partition coefficient (Wildman–Crippen LogP) is 1.76. The Hall–Kier alpha value is -2.48. The molecule has 3 N–H and O–H groups in total. The number of benzene rings is 1. The van der Waals surface area contributed by atoms with E-state index < -0.39 is 24.0 Å². The van der Waals surface area contributed by atoms with E-state index in [1.807, 2.05) is 11.5 Å². The molecule has 0 saturated heterocycles. The largest absolute Gasteiger partial charge is 0.508 e. The Labute approximate surface area is 162 Å². The van der Waals surface area contributed by atoms with Crippen LogP contribution in [0.4, 0.5) is 0 Å². The minimum Gasteiger partial charge on any atom is -0.508 e. The Morgan fingerprint density at radius 1 is 1.30 bits per heavy atom. The van der Waals surface area contributed by atoms with Crippen LogP contribution in [-0.2, 0) is 20.8 Å². The number of allylic oxidation sites excluding steroid dienone is 1. The van der Waals surface area contributed by atoms with Crippen LogP contribution in [0.5, 0.6) is 5.75 Å². The second kappa shape index (κ2) is 9.45. The number of rotatable bonds is 8. The van der Waals surface area contributed by atoms with E-state index in [1.54, 1.807) is 23.9 Å². The Kier molecular flexibility index (Phi) is 7.29. The number of phenols is 1. The summed E-state index contributed by atoms with van der Waals surface area (Å²) in [5, 5.41) is 23.8. The second-order valence-electron chi connectivity index (χ2n) is 6.53. The van der Waals surface area contributed by atoms with Gasteiger partial charge in [0.2, 0.25) is 11.8 Å². The number of carbonyl (C=O) groups is 3. The van der Waals surface area contributed by atoms with Crippen LogP contribution in [0, 0.1) is 0 Å². The van der Waals surface area contributed by atoms with Crippen LogP contribution < -0.4 is 5.32 Å². The Morgan fingerprint density at radius 2 is 1.96 bits per heavy atom. The molecule has 8 heteroatoms. The number of carbonyl (C=O) groups excluding carboxylic acids is 2. The Morgan fingerprint density at radius 3 is 2.48 bits per heavy atom. The summed E-state index contributed by atoms with van der Waals surface area (Å²) in [6, 6.07) is 4.34. The summed E-state index contributed by atoms with van der Waals surface area (Å²) >= 11 is 1.60. The zero-order valence-electron chi connectivity index (χ0n) is 15.3.